The Hall–Kier alpha value is -0.260. The molecule has 0 aromatic heterocycles. The van der Waals surface area contributed by atoms with Crippen LogP contribution in [0.1, 0.15) is 19.8 Å². The molecule has 2 nitrogen and oxygen atoms in total. The van der Waals surface area contributed by atoms with Gasteiger partial charge in [-0.2, -0.15) is 5.26 Å². The van der Waals surface area contributed by atoms with Crippen LogP contribution in [0, 0.1) is 17.2 Å². The quantitative estimate of drug-likeness (QED) is 0.580. The molecule has 1 saturated heterocycles. The van der Waals surface area contributed by atoms with Gasteiger partial charge in [0.2, 0.25) is 0 Å². The molecule has 2 atom stereocenters. The first kappa shape index (κ1) is 9.74. The van der Waals surface area contributed by atoms with Crippen LogP contribution in [0.3, 0.4) is 0 Å². The van der Waals surface area contributed by atoms with E-state index in [1.54, 1.807) is 0 Å². The van der Waals surface area contributed by atoms with Gasteiger partial charge < -0.3 is 5.32 Å². The minimum Gasteiger partial charge on any atom is -0.302 e. The molecule has 1 fully saturated rings. The number of piperidine rings is 1. The molecule has 0 aromatic rings. The van der Waals surface area contributed by atoms with Gasteiger partial charge in [0.05, 0.1) is 12.1 Å². The van der Waals surface area contributed by atoms with E-state index in [1.807, 2.05) is 0 Å². The SMILES string of the molecule is CC1CCNC(C#N)C1.Cl. The van der Waals surface area contributed by atoms with E-state index < -0.39 is 0 Å². The summed E-state index contributed by atoms with van der Waals surface area (Å²) in [5.41, 5.74) is 0. The van der Waals surface area contributed by atoms with Crippen molar-refractivity contribution in [3.05, 3.63) is 0 Å². The molecule has 58 valence electrons. The van der Waals surface area contributed by atoms with Gasteiger partial charge in [-0.15, -0.1) is 12.4 Å². The molecule has 0 aromatic carbocycles. The fourth-order valence-electron chi connectivity index (χ4n) is 1.21. The van der Waals surface area contributed by atoms with E-state index in [2.05, 4.69) is 18.3 Å². The number of hydrogen-bond donors (Lipinski definition) is 1. The highest BCUT2D eigenvalue weighted by Crippen LogP contribution is 2.13. The Morgan fingerprint density at radius 2 is 2.30 bits per heavy atom. The smallest absolute Gasteiger partial charge is 0.0955 e. The van der Waals surface area contributed by atoms with Gasteiger partial charge in [0.1, 0.15) is 0 Å². The van der Waals surface area contributed by atoms with Gasteiger partial charge in [-0.1, -0.05) is 6.92 Å². The second kappa shape index (κ2) is 4.54. The Bertz CT molecular complexity index is 130. The second-order valence-electron chi connectivity index (χ2n) is 2.77. The standard InChI is InChI=1S/C7H12N2.ClH/c1-6-2-3-9-7(4-6)5-8;/h6-7,9H,2-4H2,1H3;1H. The highest BCUT2D eigenvalue weighted by Gasteiger charge is 2.16. The van der Waals surface area contributed by atoms with Crippen molar-refractivity contribution in [1.29, 1.82) is 5.26 Å². The van der Waals surface area contributed by atoms with E-state index in [1.165, 1.54) is 6.42 Å². The highest BCUT2D eigenvalue weighted by atomic mass is 35.5. The second-order valence-corrected chi connectivity index (χ2v) is 2.77. The van der Waals surface area contributed by atoms with Gasteiger partial charge in [-0.05, 0) is 25.3 Å². The number of rotatable bonds is 0. The highest BCUT2D eigenvalue weighted by molar-refractivity contribution is 5.85. The lowest BCUT2D eigenvalue weighted by atomic mass is 9.95. The maximum Gasteiger partial charge on any atom is 0.0955 e. The lowest BCUT2D eigenvalue weighted by Crippen LogP contribution is -2.35. The van der Waals surface area contributed by atoms with E-state index in [0.717, 1.165) is 18.9 Å². The Morgan fingerprint density at radius 1 is 1.60 bits per heavy atom. The summed E-state index contributed by atoms with van der Waals surface area (Å²) in [7, 11) is 0. The van der Waals surface area contributed by atoms with E-state index in [-0.39, 0.29) is 18.4 Å². The minimum atomic E-state index is 0. The first-order chi connectivity index (χ1) is 4.33. The third-order valence-corrected chi connectivity index (χ3v) is 1.82. The maximum atomic E-state index is 8.50. The van der Waals surface area contributed by atoms with Crippen LogP contribution < -0.4 is 5.32 Å². The molecule has 3 heteroatoms. The topological polar surface area (TPSA) is 35.8 Å². The molecule has 0 spiro atoms. The Kier molecular flexibility index (Phi) is 4.42. The van der Waals surface area contributed by atoms with E-state index in [9.17, 15) is 0 Å². The van der Waals surface area contributed by atoms with E-state index in [4.69, 9.17) is 5.26 Å². The molecule has 1 rings (SSSR count). The number of nitrogens with one attached hydrogen (secondary N) is 1. The Balaban J connectivity index is 0.000000810. The van der Waals surface area contributed by atoms with Crippen LogP contribution >= 0.6 is 12.4 Å². The molecule has 10 heavy (non-hydrogen) atoms. The average Bonchev–Trinajstić information content (AvgIpc) is 1.88. The summed E-state index contributed by atoms with van der Waals surface area (Å²) >= 11 is 0. The number of hydrogen-bond acceptors (Lipinski definition) is 2. The van der Waals surface area contributed by atoms with Gasteiger partial charge >= 0.3 is 0 Å². The summed E-state index contributed by atoms with van der Waals surface area (Å²) in [4.78, 5) is 0. The van der Waals surface area contributed by atoms with Gasteiger partial charge in [0, 0.05) is 0 Å². The van der Waals surface area contributed by atoms with Gasteiger partial charge in [-0.25, -0.2) is 0 Å². The Labute approximate surface area is 68.0 Å². The van der Waals surface area contributed by atoms with Crippen LogP contribution in [0.2, 0.25) is 0 Å². The zero-order chi connectivity index (χ0) is 6.69. The van der Waals surface area contributed by atoms with E-state index >= 15 is 0 Å². The zero-order valence-electron chi connectivity index (χ0n) is 6.13. The molecule has 0 saturated carbocycles. The Morgan fingerprint density at radius 3 is 2.70 bits per heavy atom. The molecule has 1 aliphatic heterocycles. The summed E-state index contributed by atoms with van der Waals surface area (Å²) < 4.78 is 0. The molecular weight excluding hydrogens is 148 g/mol. The van der Waals surface area contributed by atoms with Crippen molar-refractivity contribution in [1.82, 2.24) is 5.32 Å². The van der Waals surface area contributed by atoms with Crippen LogP contribution in [0.15, 0.2) is 0 Å². The summed E-state index contributed by atoms with van der Waals surface area (Å²) in [6.07, 6.45) is 2.24. The summed E-state index contributed by atoms with van der Waals surface area (Å²) in [5.74, 6) is 0.732. The van der Waals surface area contributed by atoms with Crippen molar-refractivity contribution in [2.75, 3.05) is 6.54 Å². The third kappa shape index (κ3) is 2.55. The lowest BCUT2D eigenvalue weighted by molar-refractivity contribution is 0.361. The normalized spacial score (nSPS) is 32.0. The first-order valence-corrected chi connectivity index (χ1v) is 3.46. The molecule has 0 bridgehead atoms. The minimum absolute atomic E-state index is 0. The lowest BCUT2D eigenvalue weighted by Gasteiger charge is -2.22. The average molecular weight is 161 g/mol. The van der Waals surface area contributed by atoms with Crippen LogP contribution in [0.5, 0.6) is 0 Å². The molecule has 2 unspecified atom stereocenters. The fraction of sp³-hybridized carbons (Fsp3) is 0.857. The van der Waals surface area contributed by atoms with Crippen molar-refractivity contribution in [3.8, 4) is 6.07 Å². The third-order valence-electron chi connectivity index (χ3n) is 1.82. The van der Waals surface area contributed by atoms with Gasteiger partial charge in [0.15, 0.2) is 0 Å². The summed E-state index contributed by atoms with van der Waals surface area (Å²) in [6, 6.07) is 2.34. The van der Waals surface area contributed by atoms with Crippen LogP contribution in [0.4, 0.5) is 0 Å². The molecular formula is C7H13ClN2. The largest absolute Gasteiger partial charge is 0.302 e. The molecule has 0 amide bonds. The predicted octanol–water partition coefficient (Wildman–Crippen LogP) is 1.32. The summed E-state index contributed by atoms with van der Waals surface area (Å²) in [6.45, 7) is 3.21. The van der Waals surface area contributed by atoms with E-state index in [0.29, 0.717) is 0 Å². The van der Waals surface area contributed by atoms with Gasteiger partial charge in [-0.3, -0.25) is 0 Å². The molecule has 1 heterocycles. The van der Waals surface area contributed by atoms with Crippen molar-refractivity contribution in [3.63, 3.8) is 0 Å². The maximum absolute atomic E-state index is 8.50. The van der Waals surface area contributed by atoms with Crippen molar-refractivity contribution in [2.45, 2.75) is 25.8 Å². The van der Waals surface area contributed by atoms with Gasteiger partial charge in [0.25, 0.3) is 0 Å². The van der Waals surface area contributed by atoms with Crippen molar-refractivity contribution >= 4 is 12.4 Å². The number of nitriles is 1. The van der Waals surface area contributed by atoms with Crippen molar-refractivity contribution < 1.29 is 0 Å². The molecule has 0 radical (unpaired) electrons. The first-order valence-electron chi connectivity index (χ1n) is 3.46. The van der Waals surface area contributed by atoms with Crippen molar-refractivity contribution in [2.24, 2.45) is 5.92 Å². The van der Waals surface area contributed by atoms with Crippen LogP contribution in [-0.4, -0.2) is 12.6 Å². The van der Waals surface area contributed by atoms with Crippen LogP contribution in [0.25, 0.3) is 0 Å². The monoisotopic (exact) mass is 160 g/mol. The van der Waals surface area contributed by atoms with Crippen LogP contribution in [-0.2, 0) is 0 Å². The summed E-state index contributed by atoms with van der Waals surface area (Å²) in [5, 5.41) is 11.6. The fourth-order valence-corrected chi connectivity index (χ4v) is 1.21. The predicted molar refractivity (Wildman–Crippen MR) is 43.0 cm³/mol. The molecule has 0 aliphatic carbocycles. The molecule has 1 aliphatic rings. The number of halogens is 1. The number of nitrogens with zero attached hydrogens (tertiary/aromatic N) is 1. The molecule has 1 N–H and O–H groups in total. The zero-order valence-corrected chi connectivity index (χ0v) is 6.95.